The third-order valence-electron chi connectivity index (χ3n) is 11.3. The van der Waals surface area contributed by atoms with Gasteiger partial charge in [0.2, 0.25) is 0 Å². The van der Waals surface area contributed by atoms with Gasteiger partial charge in [0.15, 0.2) is 6.10 Å². The molecule has 0 heterocycles. The second kappa shape index (κ2) is 60.3. The first kappa shape index (κ1) is 72.1. The Morgan fingerprint density at radius 1 is 0.390 bits per heavy atom. The highest BCUT2D eigenvalue weighted by Gasteiger charge is 2.26. The summed E-state index contributed by atoms with van der Waals surface area (Å²) >= 11 is 0. The van der Waals surface area contributed by atoms with Gasteiger partial charge in [-0.15, -0.1) is 0 Å². The van der Waals surface area contributed by atoms with Gasteiger partial charge in [0.1, 0.15) is 6.61 Å². The average molecular weight is 1080 g/mol. The number of ether oxygens (including phenoxy) is 2. The molecule has 0 bridgehead atoms. The molecule has 0 rings (SSSR count). The monoisotopic (exact) mass is 1080 g/mol. The number of carbonyl (C=O) groups is 2. The van der Waals surface area contributed by atoms with Gasteiger partial charge in [-0.3, -0.25) is 18.6 Å². The summed E-state index contributed by atoms with van der Waals surface area (Å²) in [5.41, 5.74) is 5.38. The minimum Gasteiger partial charge on any atom is -0.462 e. The maximum absolute atomic E-state index is 12.7. The highest BCUT2D eigenvalue weighted by atomic mass is 31.2. The molecule has 9 nitrogen and oxygen atoms in total. The molecule has 2 unspecified atom stereocenters. The van der Waals surface area contributed by atoms with Gasteiger partial charge in [0.05, 0.1) is 13.2 Å². The zero-order valence-corrected chi connectivity index (χ0v) is 48.7. The number of hydrogen-bond acceptors (Lipinski definition) is 8. The van der Waals surface area contributed by atoms with E-state index in [2.05, 4.69) is 196 Å². The molecule has 0 aromatic heterocycles. The summed E-state index contributed by atoms with van der Waals surface area (Å²) in [4.78, 5) is 35.2. The van der Waals surface area contributed by atoms with Crippen molar-refractivity contribution in [2.75, 3.05) is 26.4 Å². The fourth-order valence-corrected chi connectivity index (χ4v) is 7.81. The van der Waals surface area contributed by atoms with Crippen molar-refractivity contribution in [2.24, 2.45) is 5.73 Å². The number of hydrogen-bond donors (Lipinski definition) is 2. The molecule has 0 saturated carbocycles. The maximum atomic E-state index is 12.7. The van der Waals surface area contributed by atoms with Crippen LogP contribution in [-0.4, -0.2) is 49.3 Å². The SMILES string of the molecule is CC/C=C\C/C=C\C/C=C\C/C=C\C/C=C\C/C=C\C/C=C\C/C=C\C/C=C\CCCCCC(=O)OC(COC(=O)CCCCCCCC/C=C\C/C=C\C/C=C\C/C=C\C/C=C\C/C=C\CC)COP(=O)(O)OCCN. The Labute approximate surface area is 469 Å². The van der Waals surface area contributed by atoms with E-state index >= 15 is 0 Å². The van der Waals surface area contributed by atoms with Gasteiger partial charge in [0, 0.05) is 19.4 Å². The lowest BCUT2D eigenvalue weighted by Crippen LogP contribution is -2.29. The van der Waals surface area contributed by atoms with E-state index in [1.165, 1.54) is 0 Å². The molecule has 2 atom stereocenters. The third-order valence-corrected chi connectivity index (χ3v) is 12.3. The largest absolute Gasteiger partial charge is 0.472 e. The molecule has 0 fully saturated rings. The van der Waals surface area contributed by atoms with Crippen molar-refractivity contribution in [3.05, 3.63) is 182 Å². The zero-order chi connectivity index (χ0) is 55.9. The van der Waals surface area contributed by atoms with Crippen LogP contribution in [0.4, 0.5) is 0 Å². The van der Waals surface area contributed by atoms with Gasteiger partial charge in [-0.2, -0.15) is 0 Å². The Morgan fingerprint density at radius 2 is 0.675 bits per heavy atom. The summed E-state index contributed by atoms with van der Waals surface area (Å²) in [6.45, 7) is 3.42. The summed E-state index contributed by atoms with van der Waals surface area (Å²) in [5.74, 6) is -0.901. The summed E-state index contributed by atoms with van der Waals surface area (Å²) in [5, 5.41) is 0. The van der Waals surface area contributed by atoms with Crippen LogP contribution in [-0.2, 0) is 32.7 Å². The number of rotatable bonds is 52. The molecule has 77 heavy (non-hydrogen) atoms. The van der Waals surface area contributed by atoms with Crippen molar-refractivity contribution in [3.63, 3.8) is 0 Å². The van der Waals surface area contributed by atoms with Crippen LogP contribution in [0.25, 0.3) is 0 Å². The lowest BCUT2D eigenvalue weighted by atomic mass is 10.1. The molecule has 0 aliphatic carbocycles. The Kier molecular flexibility index (Phi) is 56.5. The maximum Gasteiger partial charge on any atom is 0.472 e. The highest BCUT2D eigenvalue weighted by Crippen LogP contribution is 2.43. The van der Waals surface area contributed by atoms with E-state index in [0.717, 1.165) is 154 Å². The summed E-state index contributed by atoms with van der Waals surface area (Å²) < 4.78 is 33.0. The second-order valence-electron chi connectivity index (χ2n) is 18.4. The van der Waals surface area contributed by atoms with Gasteiger partial charge in [-0.25, -0.2) is 4.57 Å². The summed E-state index contributed by atoms with van der Waals surface area (Å²) in [6, 6.07) is 0. The Morgan fingerprint density at radius 3 is 1.01 bits per heavy atom. The predicted molar refractivity (Wildman–Crippen MR) is 329 cm³/mol. The average Bonchev–Trinajstić information content (AvgIpc) is 3.42. The van der Waals surface area contributed by atoms with E-state index in [1.807, 2.05) is 0 Å². The zero-order valence-electron chi connectivity index (χ0n) is 47.9. The molecule has 0 aliphatic heterocycles. The highest BCUT2D eigenvalue weighted by molar-refractivity contribution is 7.47. The lowest BCUT2D eigenvalue weighted by molar-refractivity contribution is -0.161. The third kappa shape index (κ3) is 60.2. The summed E-state index contributed by atoms with van der Waals surface area (Å²) in [6.07, 6.45) is 90.8. The first-order chi connectivity index (χ1) is 37.8. The Bertz CT molecular complexity index is 1910. The van der Waals surface area contributed by atoms with Crippen LogP contribution < -0.4 is 5.73 Å². The molecule has 0 aromatic carbocycles. The number of esters is 2. The number of nitrogens with two attached hydrogens (primary N) is 1. The Balaban J connectivity index is 4.17. The van der Waals surface area contributed by atoms with Gasteiger partial charge in [-0.05, 0) is 135 Å². The molecule has 0 spiro atoms. The lowest BCUT2D eigenvalue weighted by Gasteiger charge is -2.19. The van der Waals surface area contributed by atoms with Gasteiger partial charge < -0.3 is 20.1 Å². The fraction of sp³-hybridized carbons (Fsp3) is 0.522. The van der Waals surface area contributed by atoms with Crippen molar-refractivity contribution in [1.29, 1.82) is 0 Å². The number of phosphoric acid groups is 1. The van der Waals surface area contributed by atoms with Crippen LogP contribution in [0.5, 0.6) is 0 Å². The topological polar surface area (TPSA) is 134 Å². The number of unbranched alkanes of at least 4 members (excludes halogenated alkanes) is 9. The van der Waals surface area contributed by atoms with E-state index in [-0.39, 0.29) is 32.6 Å². The van der Waals surface area contributed by atoms with E-state index in [4.69, 9.17) is 24.3 Å². The minimum atomic E-state index is -4.42. The van der Waals surface area contributed by atoms with Crippen LogP contribution >= 0.6 is 7.82 Å². The van der Waals surface area contributed by atoms with Crippen LogP contribution in [0.3, 0.4) is 0 Å². The first-order valence-electron chi connectivity index (χ1n) is 29.3. The van der Waals surface area contributed by atoms with Crippen molar-refractivity contribution in [1.82, 2.24) is 0 Å². The number of carbonyl (C=O) groups excluding carboxylic acids is 2. The normalized spacial score (nSPS) is 14.4. The summed E-state index contributed by atoms with van der Waals surface area (Å²) in [7, 11) is -4.42. The van der Waals surface area contributed by atoms with Crippen LogP contribution in [0.15, 0.2) is 182 Å². The smallest absolute Gasteiger partial charge is 0.462 e. The molecule has 0 saturated heterocycles. The molecule has 3 N–H and O–H groups in total. The van der Waals surface area contributed by atoms with E-state index < -0.39 is 32.5 Å². The van der Waals surface area contributed by atoms with Crippen molar-refractivity contribution in [2.45, 2.75) is 200 Å². The van der Waals surface area contributed by atoms with Gasteiger partial charge >= 0.3 is 19.8 Å². The van der Waals surface area contributed by atoms with Gasteiger partial charge in [0.25, 0.3) is 0 Å². The van der Waals surface area contributed by atoms with Crippen molar-refractivity contribution in [3.8, 4) is 0 Å². The number of allylic oxidation sites excluding steroid dienone is 30. The van der Waals surface area contributed by atoms with Crippen LogP contribution in [0.2, 0.25) is 0 Å². The van der Waals surface area contributed by atoms with Crippen LogP contribution in [0.1, 0.15) is 194 Å². The molecule has 0 radical (unpaired) electrons. The first-order valence-corrected chi connectivity index (χ1v) is 30.8. The molecular formula is C67H104NO8P. The molecule has 0 aromatic rings. The van der Waals surface area contributed by atoms with Crippen LogP contribution in [0, 0.1) is 0 Å². The fourth-order valence-electron chi connectivity index (χ4n) is 7.04. The second-order valence-corrected chi connectivity index (χ2v) is 19.8. The minimum absolute atomic E-state index is 0.0340. The number of phosphoric ester groups is 1. The molecule has 0 amide bonds. The van der Waals surface area contributed by atoms with E-state index in [1.54, 1.807) is 0 Å². The molecule has 10 heteroatoms. The van der Waals surface area contributed by atoms with E-state index in [0.29, 0.717) is 12.8 Å². The van der Waals surface area contributed by atoms with Gasteiger partial charge in [-0.1, -0.05) is 228 Å². The van der Waals surface area contributed by atoms with E-state index in [9.17, 15) is 19.0 Å². The van der Waals surface area contributed by atoms with Crippen molar-refractivity contribution >= 4 is 19.8 Å². The molecule has 0 aliphatic rings. The predicted octanol–water partition coefficient (Wildman–Crippen LogP) is 18.8. The molecule has 430 valence electrons. The quantitative estimate of drug-likeness (QED) is 0.0264. The molecular weight excluding hydrogens is 978 g/mol. The standard InChI is InChI=1S/C67H104NO8P/c1-3-5-7-9-11-13-15-17-19-21-23-25-27-29-30-31-32-33-34-36-38-40-42-44-46-48-50-52-54-56-58-60-67(70)76-65(64-75-77(71,72)74-62-61-68)63-73-66(69)59-57-55-53-51-49-47-45-43-41-39-37-35-28-26-24-22-20-18-16-14-12-10-8-6-4-2/h5-8,11-14,17-20,23-26,29-30,32-33,35-38,41-44,48,50,65H,3-4,9-10,15-16,21-22,27-28,31,34,39-40,45-47,49,51-64,68H2,1-2H3,(H,71,72)/b7-5-,8-6-,13-11-,14-12-,19-17-,20-18-,25-23-,26-24-,30-29-,33-32-,37-35-,38-36-,43-41-,44-42-,50-48-. The van der Waals surface area contributed by atoms with Crippen molar-refractivity contribution < 1.29 is 37.6 Å². The Hall–Kier alpha value is -4.89.